The number of aromatic nitrogens is 1. The van der Waals surface area contributed by atoms with Gasteiger partial charge in [0, 0.05) is 42.8 Å². The molecule has 0 amide bonds. The molecular formula is C17H21N3O. The molecule has 4 nitrogen and oxygen atoms in total. The number of hydrogen-bond acceptors (Lipinski definition) is 3. The number of nitriles is 1. The molecule has 1 fully saturated rings. The molecule has 1 saturated heterocycles. The summed E-state index contributed by atoms with van der Waals surface area (Å²) in [6.45, 7) is 4.94. The Morgan fingerprint density at radius 2 is 2.38 bits per heavy atom. The average molecular weight is 283 g/mol. The Balaban J connectivity index is 1.59. The number of benzene rings is 1. The highest BCUT2D eigenvalue weighted by molar-refractivity contribution is 5.81. The number of nitrogens with zero attached hydrogens (tertiary/aromatic N) is 2. The lowest BCUT2D eigenvalue weighted by atomic mass is 10.1. The van der Waals surface area contributed by atoms with Crippen LogP contribution >= 0.6 is 0 Å². The SMILES string of the molecule is CC(NCCn1ccc2cc(C#N)ccc21)C1CCCO1. The molecule has 1 aromatic heterocycles. The van der Waals surface area contributed by atoms with Crippen molar-refractivity contribution in [1.29, 1.82) is 5.26 Å². The van der Waals surface area contributed by atoms with E-state index < -0.39 is 0 Å². The Labute approximate surface area is 125 Å². The van der Waals surface area contributed by atoms with E-state index >= 15 is 0 Å². The first-order chi connectivity index (χ1) is 10.3. The van der Waals surface area contributed by atoms with E-state index in [-0.39, 0.29) is 0 Å². The van der Waals surface area contributed by atoms with Crippen LogP contribution in [0.3, 0.4) is 0 Å². The molecule has 0 radical (unpaired) electrons. The van der Waals surface area contributed by atoms with Crippen LogP contribution in [0.2, 0.25) is 0 Å². The van der Waals surface area contributed by atoms with Crippen molar-refractivity contribution in [2.75, 3.05) is 13.2 Å². The normalized spacial score (nSPS) is 19.7. The Morgan fingerprint density at radius 1 is 1.48 bits per heavy atom. The van der Waals surface area contributed by atoms with E-state index in [1.54, 1.807) is 0 Å². The van der Waals surface area contributed by atoms with E-state index in [0.717, 1.165) is 31.5 Å². The molecule has 1 aliphatic heterocycles. The number of nitrogens with one attached hydrogen (secondary N) is 1. The van der Waals surface area contributed by atoms with E-state index in [1.807, 2.05) is 18.2 Å². The maximum Gasteiger partial charge on any atom is 0.0991 e. The molecule has 3 rings (SSSR count). The van der Waals surface area contributed by atoms with Crippen LogP contribution in [0.4, 0.5) is 0 Å². The summed E-state index contributed by atoms with van der Waals surface area (Å²) >= 11 is 0. The second-order valence-electron chi connectivity index (χ2n) is 5.69. The highest BCUT2D eigenvalue weighted by atomic mass is 16.5. The molecule has 2 heterocycles. The van der Waals surface area contributed by atoms with Crippen LogP contribution in [0.15, 0.2) is 30.5 Å². The zero-order valence-corrected chi connectivity index (χ0v) is 12.4. The summed E-state index contributed by atoms with van der Waals surface area (Å²) in [5, 5.41) is 13.6. The molecular weight excluding hydrogens is 262 g/mol. The molecule has 1 N–H and O–H groups in total. The smallest absolute Gasteiger partial charge is 0.0991 e. The first kappa shape index (κ1) is 14.1. The number of rotatable bonds is 5. The Hall–Kier alpha value is -1.83. The van der Waals surface area contributed by atoms with E-state index in [2.05, 4.69) is 35.1 Å². The van der Waals surface area contributed by atoms with Crippen molar-refractivity contribution in [3.8, 4) is 6.07 Å². The minimum atomic E-state index is 0.365. The van der Waals surface area contributed by atoms with Gasteiger partial charge in [0.2, 0.25) is 0 Å². The van der Waals surface area contributed by atoms with Gasteiger partial charge in [0.25, 0.3) is 0 Å². The zero-order valence-electron chi connectivity index (χ0n) is 12.4. The van der Waals surface area contributed by atoms with Gasteiger partial charge in [-0.2, -0.15) is 5.26 Å². The fourth-order valence-electron chi connectivity index (χ4n) is 3.01. The summed E-state index contributed by atoms with van der Waals surface area (Å²) in [5.74, 6) is 0. The third kappa shape index (κ3) is 3.10. The molecule has 21 heavy (non-hydrogen) atoms. The largest absolute Gasteiger partial charge is 0.377 e. The van der Waals surface area contributed by atoms with E-state index in [0.29, 0.717) is 17.7 Å². The van der Waals surface area contributed by atoms with E-state index in [4.69, 9.17) is 10.00 Å². The summed E-state index contributed by atoms with van der Waals surface area (Å²) in [5.41, 5.74) is 1.89. The van der Waals surface area contributed by atoms with Gasteiger partial charge in [0.15, 0.2) is 0 Å². The number of ether oxygens (including phenoxy) is 1. The van der Waals surface area contributed by atoms with Crippen molar-refractivity contribution in [2.45, 2.75) is 38.5 Å². The number of hydrogen-bond donors (Lipinski definition) is 1. The molecule has 0 aliphatic carbocycles. The maximum absolute atomic E-state index is 8.93. The van der Waals surface area contributed by atoms with Gasteiger partial charge in [-0.25, -0.2) is 0 Å². The van der Waals surface area contributed by atoms with Gasteiger partial charge in [0.05, 0.1) is 17.7 Å². The minimum absolute atomic E-state index is 0.365. The standard InChI is InChI=1S/C17H21N3O/c1-13(17-3-2-10-21-17)19-7-9-20-8-6-15-11-14(12-18)4-5-16(15)20/h4-6,8,11,13,17,19H,2-3,7,9-10H2,1H3. The quantitative estimate of drug-likeness (QED) is 0.918. The molecule has 0 bridgehead atoms. The molecule has 1 aliphatic rings. The summed E-state index contributed by atoms with van der Waals surface area (Å²) in [4.78, 5) is 0. The minimum Gasteiger partial charge on any atom is -0.377 e. The van der Waals surface area contributed by atoms with Gasteiger partial charge in [-0.3, -0.25) is 0 Å². The highest BCUT2D eigenvalue weighted by Crippen LogP contribution is 2.18. The molecule has 4 heteroatoms. The summed E-state index contributed by atoms with van der Waals surface area (Å²) in [7, 11) is 0. The van der Waals surface area contributed by atoms with Crippen LogP contribution in [-0.4, -0.2) is 29.9 Å². The van der Waals surface area contributed by atoms with Gasteiger partial charge in [-0.15, -0.1) is 0 Å². The lowest BCUT2D eigenvalue weighted by Crippen LogP contribution is -2.38. The Kier molecular flexibility index (Phi) is 4.23. The highest BCUT2D eigenvalue weighted by Gasteiger charge is 2.21. The van der Waals surface area contributed by atoms with Crippen molar-refractivity contribution < 1.29 is 4.74 Å². The third-order valence-corrected chi connectivity index (χ3v) is 4.24. The molecule has 2 atom stereocenters. The van der Waals surface area contributed by atoms with Crippen LogP contribution in [0, 0.1) is 11.3 Å². The van der Waals surface area contributed by atoms with Crippen molar-refractivity contribution in [2.24, 2.45) is 0 Å². The lowest BCUT2D eigenvalue weighted by Gasteiger charge is -2.20. The zero-order chi connectivity index (χ0) is 14.7. The number of fused-ring (bicyclic) bond motifs is 1. The van der Waals surface area contributed by atoms with Crippen molar-refractivity contribution in [3.63, 3.8) is 0 Å². The Bertz CT molecular complexity index is 650. The van der Waals surface area contributed by atoms with Crippen molar-refractivity contribution in [3.05, 3.63) is 36.0 Å². The average Bonchev–Trinajstić information content (AvgIpc) is 3.16. The van der Waals surface area contributed by atoms with Gasteiger partial charge in [-0.1, -0.05) is 0 Å². The van der Waals surface area contributed by atoms with Crippen LogP contribution in [0.25, 0.3) is 10.9 Å². The maximum atomic E-state index is 8.93. The molecule has 2 aromatic rings. The van der Waals surface area contributed by atoms with E-state index in [1.165, 1.54) is 11.9 Å². The second kappa shape index (κ2) is 6.30. The second-order valence-corrected chi connectivity index (χ2v) is 5.69. The third-order valence-electron chi connectivity index (χ3n) is 4.24. The summed E-state index contributed by atoms with van der Waals surface area (Å²) in [6.07, 6.45) is 4.80. The van der Waals surface area contributed by atoms with Crippen LogP contribution in [-0.2, 0) is 11.3 Å². The Morgan fingerprint density at radius 3 is 3.14 bits per heavy atom. The van der Waals surface area contributed by atoms with E-state index in [9.17, 15) is 0 Å². The van der Waals surface area contributed by atoms with Gasteiger partial charge < -0.3 is 14.6 Å². The molecule has 110 valence electrons. The van der Waals surface area contributed by atoms with Gasteiger partial charge in [-0.05, 0) is 44.0 Å². The topological polar surface area (TPSA) is 50.0 Å². The fourth-order valence-corrected chi connectivity index (χ4v) is 3.01. The summed E-state index contributed by atoms with van der Waals surface area (Å²) < 4.78 is 7.93. The van der Waals surface area contributed by atoms with Crippen molar-refractivity contribution in [1.82, 2.24) is 9.88 Å². The first-order valence-corrected chi connectivity index (χ1v) is 7.62. The molecule has 2 unspecified atom stereocenters. The lowest BCUT2D eigenvalue weighted by molar-refractivity contribution is 0.0835. The molecule has 0 spiro atoms. The van der Waals surface area contributed by atoms with Gasteiger partial charge >= 0.3 is 0 Å². The first-order valence-electron chi connectivity index (χ1n) is 7.62. The van der Waals surface area contributed by atoms with Crippen LogP contribution in [0.1, 0.15) is 25.3 Å². The predicted molar refractivity (Wildman–Crippen MR) is 83.1 cm³/mol. The fraction of sp³-hybridized carbons (Fsp3) is 0.471. The molecule has 0 saturated carbocycles. The van der Waals surface area contributed by atoms with Crippen LogP contribution in [0.5, 0.6) is 0 Å². The monoisotopic (exact) mass is 283 g/mol. The predicted octanol–water partition coefficient (Wildman–Crippen LogP) is 2.67. The van der Waals surface area contributed by atoms with Gasteiger partial charge in [0.1, 0.15) is 0 Å². The van der Waals surface area contributed by atoms with Crippen molar-refractivity contribution >= 4 is 10.9 Å². The van der Waals surface area contributed by atoms with Crippen LogP contribution < -0.4 is 5.32 Å². The molecule has 1 aromatic carbocycles. The summed E-state index contributed by atoms with van der Waals surface area (Å²) in [6, 6.07) is 10.5.